The molecule has 0 spiro atoms. The number of methoxy groups -OCH3 is 1. The fourth-order valence-electron chi connectivity index (χ4n) is 4.52. The Bertz CT molecular complexity index is 1090. The molecular formula is C28H29Cl3OSiTi. The maximum absolute atomic E-state index is 5.38. The van der Waals surface area contributed by atoms with Crippen LogP contribution in [0.1, 0.15) is 22.3 Å². The average Bonchev–Trinajstić information content (AvgIpc) is 3.02. The molecule has 1 nitrogen and oxygen atoms in total. The standard InChI is InChI=1S/C28H29OSi.3ClH.Ti/c1-20-21(2)27(28(22(20)3)23-15-17-24(29-4)18-16-23)19-30(25-11-7-5-8-12-25)26-13-9-6-10-14-26;;;;/h5-18,30H,19H2,1-4H3;3*1H;/q-1;;;;+4/p-3. The van der Waals surface area contributed by atoms with E-state index in [1.165, 1.54) is 43.8 Å². The van der Waals surface area contributed by atoms with Crippen LogP contribution in [0.5, 0.6) is 5.75 Å². The smallest absolute Gasteiger partial charge is 1.00 e. The van der Waals surface area contributed by atoms with Gasteiger partial charge in [0, 0.05) is 0 Å². The number of benzene rings is 3. The first-order chi connectivity index (χ1) is 14.6. The molecule has 0 heterocycles. The summed E-state index contributed by atoms with van der Waals surface area (Å²) < 4.78 is 5.38. The second-order valence-corrected chi connectivity index (χ2v) is 10.9. The predicted molar refractivity (Wildman–Crippen MR) is 131 cm³/mol. The third kappa shape index (κ3) is 6.85. The van der Waals surface area contributed by atoms with Crippen LogP contribution in [0.3, 0.4) is 0 Å². The van der Waals surface area contributed by atoms with Gasteiger partial charge in [-0.2, -0.15) is 11.1 Å². The van der Waals surface area contributed by atoms with Crippen molar-refractivity contribution in [2.75, 3.05) is 7.11 Å². The molecule has 4 rings (SSSR count). The van der Waals surface area contributed by atoms with Crippen LogP contribution in [0, 0.1) is 20.8 Å². The van der Waals surface area contributed by atoms with Gasteiger partial charge in [-0.3, -0.25) is 0 Å². The van der Waals surface area contributed by atoms with Crippen LogP contribution in [0.25, 0.3) is 11.1 Å². The molecule has 176 valence electrons. The first kappa shape index (κ1) is 32.6. The van der Waals surface area contributed by atoms with Crippen molar-refractivity contribution in [2.24, 2.45) is 0 Å². The zero-order valence-electron chi connectivity index (χ0n) is 19.9. The van der Waals surface area contributed by atoms with Gasteiger partial charge in [-0.1, -0.05) is 116 Å². The molecule has 0 fully saturated rings. The van der Waals surface area contributed by atoms with E-state index < -0.39 is 8.80 Å². The van der Waals surface area contributed by atoms with Crippen molar-refractivity contribution in [2.45, 2.75) is 26.8 Å². The molecule has 0 bridgehead atoms. The van der Waals surface area contributed by atoms with E-state index in [-0.39, 0.29) is 58.9 Å². The summed E-state index contributed by atoms with van der Waals surface area (Å²) in [6.45, 7) is 6.84. The molecule has 0 atom stereocenters. The molecule has 0 saturated heterocycles. The van der Waals surface area contributed by atoms with E-state index in [2.05, 4.69) is 106 Å². The monoisotopic (exact) mass is 562 g/mol. The third-order valence-electron chi connectivity index (χ3n) is 6.45. The topological polar surface area (TPSA) is 9.23 Å². The van der Waals surface area contributed by atoms with E-state index in [0.29, 0.717) is 0 Å². The fourth-order valence-corrected chi connectivity index (χ4v) is 7.66. The van der Waals surface area contributed by atoms with E-state index in [1.807, 2.05) is 0 Å². The molecule has 34 heavy (non-hydrogen) atoms. The van der Waals surface area contributed by atoms with E-state index in [4.69, 9.17) is 4.74 Å². The number of ether oxygens (including phenoxy) is 1. The normalized spacial score (nSPS) is 9.79. The van der Waals surface area contributed by atoms with Crippen LogP contribution in [0.15, 0.2) is 84.9 Å². The van der Waals surface area contributed by atoms with Gasteiger partial charge in [0.2, 0.25) is 0 Å². The molecule has 0 radical (unpaired) electrons. The molecule has 0 unspecified atom stereocenters. The van der Waals surface area contributed by atoms with Crippen LogP contribution in [0.4, 0.5) is 0 Å². The minimum Gasteiger partial charge on any atom is -1.00 e. The van der Waals surface area contributed by atoms with Gasteiger partial charge in [0.05, 0.1) is 15.9 Å². The number of rotatable bonds is 6. The molecule has 0 aromatic heterocycles. The molecule has 0 amide bonds. The largest absolute Gasteiger partial charge is 4.00 e. The summed E-state index contributed by atoms with van der Waals surface area (Å²) in [5.74, 6) is 0.902. The molecule has 4 aromatic carbocycles. The maximum atomic E-state index is 5.38. The molecule has 6 heteroatoms. The van der Waals surface area contributed by atoms with Crippen molar-refractivity contribution < 1.29 is 63.7 Å². The minimum absolute atomic E-state index is 0. The van der Waals surface area contributed by atoms with Gasteiger partial charge >= 0.3 is 21.7 Å². The number of hydrogen-bond donors (Lipinski definition) is 0. The maximum Gasteiger partial charge on any atom is 4.00 e. The third-order valence-corrected chi connectivity index (χ3v) is 9.64. The summed E-state index contributed by atoms with van der Waals surface area (Å²) in [7, 11) is 0.316. The molecule has 0 saturated carbocycles. The average molecular weight is 564 g/mol. The van der Waals surface area contributed by atoms with Gasteiger partial charge in [-0.15, -0.1) is 16.7 Å². The second kappa shape index (κ2) is 14.9. The quantitative estimate of drug-likeness (QED) is 0.173. The first-order valence-electron chi connectivity index (χ1n) is 10.6. The Labute approximate surface area is 239 Å². The molecule has 0 aliphatic carbocycles. The summed E-state index contributed by atoms with van der Waals surface area (Å²) >= 11 is 0. The Morgan fingerprint density at radius 2 is 1.15 bits per heavy atom. The van der Waals surface area contributed by atoms with Gasteiger partial charge < -0.3 is 42.0 Å². The Balaban J connectivity index is 0.00000272. The van der Waals surface area contributed by atoms with Gasteiger partial charge in [0.15, 0.2) is 0 Å². The Morgan fingerprint density at radius 3 is 1.59 bits per heavy atom. The fraction of sp³-hybridized carbons (Fsp3) is 0.179. The zero-order valence-corrected chi connectivity index (χ0v) is 24.9. The Kier molecular flexibility index (Phi) is 14.3. The Morgan fingerprint density at radius 1 is 0.676 bits per heavy atom. The summed E-state index contributed by atoms with van der Waals surface area (Å²) in [4.78, 5) is 0. The summed E-state index contributed by atoms with van der Waals surface area (Å²) in [6.07, 6.45) is 0. The second-order valence-electron chi connectivity index (χ2n) is 8.04. The summed E-state index contributed by atoms with van der Waals surface area (Å²) in [6, 6.07) is 31.9. The summed E-state index contributed by atoms with van der Waals surface area (Å²) in [5, 5.41) is 3.00. The van der Waals surface area contributed by atoms with Gasteiger partial charge in [-0.05, 0) is 12.1 Å². The Hall–Kier alpha value is -1.39. The summed E-state index contributed by atoms with van der Waals surface area (Å²) in [5.41, 5.74) is 8.49. The van der Waals surface area contributed by atoms with Gasteiger partial charge in [0.1, 0.15) is 5.75 Å². The van der Waals surface area contributed by atoms with E-state index in [9.17, 15) is 0 Å². The van der Waals surface area contributed by atoms with E-state index >= 15 is 0 Å². The van der Waals surface area contributed by atoms with E-state index in [0.717, 1.165) is 11.8 Å². The van der Waals surface area contributed by atoms with Crippen molar-refractivity contribution in [1.82, 2.24) is 0 Å². The van der Waals surface area contributed by atoms with Crippen molar-refractivity contribution >= 4 is 19.2 Å². The molecule has 0 N–H and O–H groups in total. The molecule has 0 aliphatic heterocycles. The predicted octanol–water partition coefficient (Wildman–Crippen LogP) is -3.86. The first-order valence-corrected chi connectivity index (χ1v) is 12.6. The van der Waals surface area contributed by atoms with Crippen molar-refractivity contribution in [3.05, 3.63) is 107 Å². The van der Waals surface area contributed by atoms with Crippen LogP contribution in [-0.4, -0.2) is 15.9 Å². The van der Waals surface area contributed by atoms with Crippen molar-refractivity contribution in [1.29, 1.82) is 0 Å². The van der Waals surface area contributed by atoms with Crippen molar-refractivity contribution in [3.63, 3.8) is 0 Å². The molecular weight excluding hydrogens is 535 g/mol. The van der Waals surface area contributed by atoms with Crippen LogP contribution >= 0.6 is 0 Å². The minimum atomic E-state index is -1.40. The van der Waals surface area contributed by atoms with E-state index in [1.54, 1.807) is 7.11 Å². The van der Waals surface area contributed by atoms with Crippen LogP contribution in [0.2, 0.25) is 0 Å². The van der Waals surface area contributed by atoms with Gasteiger partial charge in [0.25, 0.3) is 0 Å². The van der Waals surface area contributed by atoms with Crippen LogP contribution in [-0.2, 0) is 27.8 Å². The molecule has 0 aliphatic rings. The van der Waals surface area contributed by atoms with Crippen molar-refractivity contribution in [3.8, 4) is 16.9 Å². The SMILES string of the molecule is COc1ccc(-c2c(C)c(C)c(C)[c-]2C[SiH](c2ccccc2)c2ccccc2)cc1.[Cl-].[Cl-].[Cl-].[Ti+4]. The molecule has 4 aromatic rings. The van der Waals surface area contributed by atoms with Crippen LogP contribution < -0.4 is 52.3 Å². The zero-order chi connectivity index (χ0) is 21.1. The van der Waals surface area contributed by atoms with Gasteiger partial charge in [-0.25, -0.2) is 0 Å². The number of halogens is 3. The number of hydrogen-bond acceptors (Lipinski definition) is 1.